The van der Waals surface area contributed by atoms with Crippen molar-refractivity contribution in [2.24, 2.45) is 0 Å². The van der Waals surface area contributed by atoms with Gasteiger partial charge in [-0.05, 0) is 65.5 Å². The van der Waals surface area contributed by atoms with E-state index in [1.807, 2.05) is 22.7 Å². The van der Waals surface area contributed by atoms with E-state index in [9.17, 15) is 0 Å². The van der Waals surface area contributed by atoms with Crippen molar-refractivity contribution < 1.29 is 0 Å². The minimum absolute atomic E-state index is 0.478. The number of hydrogen-bond donors (Lipinski definition) is 1. The molecule has 0 aliphatic heterocycles. The lowest BCUT2D eigenvalue weighted by Crippen LogP contribution is -2.21. The first-order chi connectivity index (χ1) is 9.26. The molecule has 0 bridgehead atoms. The van der Waals surface area contributed by atoms with E-state index < -0.39 is 0 Å². The number of thiophene rings is 2. The van der Waals surface area contributed by atoms with Crippen LogP contribution in [0.5, 0.6) is 0 Å². The largest absolute Gasteiger partial charge is 0.309 e. The Bertz CT molecular complexity index is 537. The van der Waals surface area contributed by atoms with Crippen LogP contribution in [0.3, 0.4) is 0 Å². The van der Waals surface area contributed by atoms with Crippen LogP contribution in [-0.2, 0) is 19.3 Å². The van der Waals surface area contributed by atoms with Gasteiger partial charge in [0.05, 0.1) is 3.79 Å². The van der Waals surface area contributed by atoms with E-state index in [1.165, 1.54) is 32.8 Å². The smallest absolute Gasteiger partial charge is 0.0701 e. The van der Waals surface area contributed by atoms with Crippen molar-refractivity contribution in [3.63, 3.8) is 0 Å². The van der Waals surface area contributed by atoms with Crippen LogP contribution < -0.4 is 5.32 Å². The lowest BCUT2D eigenvalue weighted by molar-refractivity contribution is 0.561. The Hall–Kier alpha value is -0.160. The molecule has 1 unspecified atom stereocenters. The highest BCUT2D eigenvalue weighted by Gasteiger charge is 2.20. The van der Waals surface area contributed by atoms with Gasteiger partial charge in [-0.15, -0.1) is 22.7 Å². The molecular weight excluding hydrogens is 338 g/mol. The summed E-state index contributed by atoms with van der Waals surface area (Å²) < 4.78 is 1.23. The van der Waals surface area contributed by atoms with Crippen LogP contribution in [0.2, 0.25) is 0 Å². The molecule has 3 rings (SSSR count). The first-order valence-corrected chi connectivity index (χ1v) is 9.28. The van der Waals surface area contributed by atoms with Gasteiger partial charge in [0.1, 0.15) is 0 Å². The Morgan fingerprint density at radius 3 is 2.89 bits per heavy atom. The third-order valence-electron chi connectivity index (χ3n) is 3.59. The number of rotatable bonds is 5. The number of hydrogen-bond acceptors (Lipinski definition) is 3. The van der Waals surface area contributed by atoms with Crippen LogP contribution in [-0.4, -0.2) is 6.54 Å². The van der Waals surface area contributed by atoms with Crippen molar-refractivity contribution in [3.8, 4) is 0 Å². The highest BCUT2D eigenvalue weighted by atomic mass is 79.9. The van der Waals surface area contributed by atoms with Gasteiger partial charge in [-0.1, -0.05) is 6.92 Å². The molecular formula is C15H18BrNS2. The van der Waals surface area contributed by atoms with Crippen LogP contribution in [0.15, 0.2) is 22.0 Å². The summed E-state index contributed by atoms with van der Waals surface area (Å²) in [6, 6.07) is 7.31. The maximum Gasteiger partial charge on any atom is 0.0701 e. The van der Waals surface area contributed by atoms with Gasteiger partial charge in [-0.3, -0.25) is 0 Å². The van der Waals surface area contributed by atoms with Gasteiger partial charge in [0, 0.05) is 27.1 Å². The fourth-order valence-corrected chi connectivity index (χ4v) is 5.57. The van der Waals surface area contributed by atoms with Gasteiger partial charge < -0.3 is 5.32 Å². The van der Waals surface area contributed by atoms with Gasteiger partial charge in [-0.2, -0.15) is 0 Å². The van der Waals surface area contributed by atoms with Crippen LogP contribution >= 0.6 is 38.6 Å². The molecule has 1 nitrogen and oxygen atoms in total. The molecule has 4 heteroatoms. The number of fused-ring (bicyclic) bond motifs is 1. The van der Waals surface area contributed by atoms with Crippen molar-refractivity contribution in [2.75, 3.05) is 6.54 Å². The van der Waals surface area contributed by atoms with Gasteiger partial charge in [0.15, 0.2) is 0 Å². The SMILES string of the molecule is CCNC(Cc1ccc(Br)s1)c1cc2c(s1)CCC2. The highest BCUT2D eigenvalue weighted by molar-refractivity contribution is 9.11. The maximum atomic E-state index is 3.65. The van der Waals surface area contributed by atoms with Gasteiger partial charge >= 0.3 is 0 Å². The summed E-state index contributed by atoms with van der Waals surface area (Å²) in [5, 5.41) is 3.65. The van der Waals surface area contributed by atoms with Crippen LogP contribution in [0.25, 0.3) is 0 Å². The van der Waals surface area contributed by atoms with Gasteiger partial charge in [0.25, 0.3) is 0 Å². The summed E-state index contributed by atoms with van der Waals surface area (Å²) in [6.45, 7) is 3.22. The summed E-state index contributed by atoms with van der Waals surface area (Å²) >= 11 is 7.43. The van der Waals surface area contributed by atoms with E-state index in [0.717, 1.165) is 13.0 Å². The fourth-order valence-electron chi connectivity index (χ4n) is 2.71. The maximum absolute atomic E-state index is 3.65. The monoisotopic (exact) mass is 355 g/mol. The molecule has 1 aliphatic carbocycles. The molecule has 1 atom stereocenters. The van der Waals surface area contributed by atoms with E-state index in [-0.39, 0.29) is 0 Å². The third kappa shape index (κ3) is 3.13. The number of likely N-dealkylation sites (N-methyl/N-ethyl adjacent to an activating group) is 1. The fraction of sp³-hybridized carbons (Fsp3) is 0.467. The molecule has 0 radical (unpaired) electrons. The topological polar surface area (TPSA) is 12.0 Å². The molecule has 102 valence electrons. The Kier molecular flexibility index (Phi) is 4.42. The van der Waals surface area contributed by atoms with E-state index in [2.05, 4.69) is 46.4 Å². The predicted molar refractivity (Wildman–Crippen MR) is 88.5 cm³/mol. The summed E-state index contributed by atoms with van der Waals surface area (Å²) in [5.74, 6) is 0. The van der Waals surface area contributed by atoms with Gasteiger partial charge in [0.2, 0.25) is 0 Å². The van der Waals surface area contributed by atoms with Crippen molar-refractivity contribution >= 4 is 38.6 Å². The molecule has 0 saturated carbocycles. The summed E-state index contributed by atoms with van der Waals surface area (Å²) in [6.07, 6.45) is 5.04. The highest BCUT2D eigenvalue weighted by Crippen LogP contribution is 2.35. The van der Waals surface area contributed by atoms with Gasteiger partial charge in [-0.25, -0.2) is 0 Å². The number of nitrogens with one attached hydrogen (secondary N) is 1. The van der Waals surface area contributed by atoms with E-state index in [4.69, 9.17) is 0 Å². The summed E-state index contributed by atoms with van der Waals surface area (Å²) in [5.41, 5.74) is 1.61. The molecule has 19 heavy (non-hydrogen) atoms. The molecule has 0 aromatic carbocycles. The van der Waals surface area contributed by atoms with E-state index in [1.54, 1.807) is 10.4 Å². The van der Waals surface area contributed by atoms with Crippen molar-refractivity contribution in [3.05, 3.63) is 42.2 Å². The minimum Gasteiger partial charge on any atom is -0.309 e. The average Bonchev–Trinajstić information content (AvgIpc) is 3.03. The Morgan fingerprint density at radius 2 is 2.21 bits per heavy atom. The number of halogens is 1. The molecule has 0 amide bonds. The van der Waals surface area contributed by atoms with Crippen molar-refractivity contribution in [1.29, 1.82) is 0 Å². The first-order valence-electron chi connectivity index (χ1n) is 6.85. The molecule has 2 aromatic rings. The molecule has 0 saturated heterocycles. The molecule has 0 fully saturated rings. The van der Waals surface area contributed by atoms with Crippen LogP contribution in [0, 0.1) is 0 Å². The second-order valence-electron chi connectivity index (χ2n) is 4.97. The first kappa shape index (κ1) is 13.8. The second-order valence-corrected chi connectivity index (χ2v) is 8.69. The normalized spacial score (nSPS) is 15.7. The van der Waals surface area contributed by atoms with Crippen LogP contribution in [0.4, 0.5) is 0 Å². The van der Waals surface area contributed by atoms with Crippen LogP contribution in [0.1, 0.15) is 39.6 Å². The van der Waals surface area contributed by atoms with E-state index in [0.29, 0.717) is 6.04 Å². The summed E-state index contributed by atoms with van der Waals surface area (Å²) in [7, 11) is 0. The Morgan fingerprint density at radius 1 is 1.32 bits per heavy atom. The zero-order valence-electron chi connectivity index (χ0n) is 11.0. The average molecular weight is 356 g/mol. The quantitative estimate of drug-likeness (QED) is 0.799. The predicted octanol–water partition coefficient (Wildman–Crippen LogP) is 4.95. The number of aryl methyl sites for hydroxylation is 2. The Balaban J connectivity index is 1.79. The summed E-state index contributed by atoms with van der Waals surface area (Å²) in [4.78, 5) is 4.60. The zero-order valence-corrected chi connectivity index (χ0v) is 14.3. The molecule has 0 spiro atoms. The van der Waals surface area contributed by atoms with Crippen molar-refractivity contribution in [1.82, 2.24) is 5.32 Å². The standard InChI is InChI=1S/C15H18BrNS2/c1-2-17-12(9-11-6-7-15(16)18-11)14-8-10-4-3-5-13(10)19-14/h6-8,12,17H,2-5,9H2,1H3. The molecule has 2 aromatic heterocycles. The minimum atomic E-state index is 0.478. The molecule has 1 aliphatic rings. The lowest BCUT2D eigenvalue weighted by atomic mass is 10.1. The zero-order chi connectivity index (χ0) is 13.2. The molecule has 1 N–H and O–H groups in total. The van der Waals surface area contributed by atoms with Crippen molar-refractivity contribution in [2.45, 2.75) is 38.6 Å². The Labute approximate surface area is 131 Å². The third-order valence-corrected chi connectivity index (χ3v) is 6.59. The molecule has 2 heterocycles. The second kappa shape index (κ2) is 6.08. The lowest BCUT2D eigenvalue weighted by Gasteiger charge is -2.15. The van der Waals surface area contributed by atoms with E-state index >= 15 is 0 Å².